The van der Waals surface area contributed by atoms with Crippen LogP contribution in [0.25, 0.3) is 0 Å². The van der Waals surface area contributed by atoms with Gasteiger partial charge >= 0.3 is 0 Å². The number of hydrogen-bond acceptors (Lipinski definition) is 5. The van der Waals surface area contributed by atoms with E-state index >= 15 is 0 Å². The van der Waals surface area contributed by atoms with Crippen molar-refractivity contribution in [1.82, 2.24) is 14.1 Å². The van der Waals surface area contributed by atoms with Gasteiger partial charge in [0.2, 0.25) is 10.0 Å². The van der Waals surface area contributed by atoms with E-state index in [1.54, 1.807) is 41.7 Å². The molecule has 1 atom stereocenters. The summed E-state index contributed by atoms with van der Waals surface area (Å²) in [5.74, 6) is 0. The van der Waals surface area contributed by atoms with E-state index in [1.165, 1.54) is 8.99 Å². The Morgan fingerprint density at radius 3 is 2.13 bits per heavy atom. The molecule has 2 heterocycles. The topological polar surface area (TPSA) is 89.3 Å². The van der Waals surface area contributed by atoms with Crippen molar-refractivity contribution in [2.75, 3.05) is 13.1 Å². The Bertz CT molecular complexity index is 817. The van der Waals surface area contributed by atoms with Gasteiger partial charge in [-0.05, 0) is 41.0 Å². The molecule has 0 aromatic carbocycles. The van der Waals surface area contributed by atoms with Gasteiger partial charge in [-0.1, -0.05) is 0 Å². The molecule has 0 aliphatic carbocycles. The van der Waals surface area contributed by atoms with E-state index < -0.39 is 29.9 Å². The van der Waals surface area contributed by atoms with Crippen molar-refractivity contribution in [3.63, 3.8) is 0 Å². The zero-order chi connectivity index (χ0) is 17.8. The Hall–Kier alpha value is -0.930. The lowest BCUT2D eigenvalue weighted by Gasteiger charge is -2.24. The molecule has 1 aromatic heterocycles. The van der Waals surface area contributed by atoms with Crippen molar-refractivity contribution in [2.45, 2.75) is 55.9 Å². The molecule has 0 spiro atoms. The van der Waals surface area contributed by atoms with E-state index in [0.29, 0.717) is 17.8 Å². The van der Waals surface area contributed by atoms with Gasteiger partial charge in [0.1, 0.15) is 4.90 Å². The first-order chi connectivity index (χ1) is 10.3. The predicted octanol–water partition coefficient (Wildman–Crippen LogP) is 1.01. The monoisotopic (exact) mass is 363 g/mol. The van der Waals surface area contributed by atoms with Crippen LogP contribution in [-0.2, 0) is 26.9 Å². The second-order valence-corrected chi connectivity index (χ2v) is 11.9. The highest BCUT2D eigenvalue weighted by Gasteiger charge is 2.44. The van der Waals surface area contributed by atoms with E-state index in [0.717, 1.165) is 0 Å². The number of aromatic nitrogens is 2. The van der Waals surface area contributed by atoms with Crippen LogP contribution in [0.2, 0.25) is 0 Å². The molecule has 2 rings (SSSR count). The highest BCUT2D eigenvalue weighted by Crippen LogP contribution is 2.31. The zero-order valence-electron chi connectivity index (χ0n) is 14.5. The first-order valence-electron chi connectivity index (χ1n) is 7.54. The second-order valence-electron chi connectivity index (χ2n) is 7.05. The van der Waals surface area contributed by atoms with Crippen LogP contribution in [0.15, 0.2) is 4.90 Å². The van der Waals surface area contributed by atoms with Crippen molar-refractivity contribution in [3.05, 3.63) is 11.4 Å². The van der Waals surface area contributed by atoms with Gasteiger partial charge in [0, 0.05) is 20.1 Å². The quantitative estimate of drug-likeness (QED) is 0.800. The Kier molecular flexibility index (Phi) is 4.45. The summed E-state index contributed by atoms with van der Waals surface area (Å²) in [6.07, 6.45) is 0.331. The van der Waals surface area contributed by atoms with Crippen LogP contribution in [0, 0.1) is 13.8 Å². The fraction of sp³-hybridized carbons (Fsp3) is 0.786. The maximum atomic E-state index is 12.9. The van der Waals surface area contributed by atoms with E-state index in [2.05, 4.69) is 5.10 Å². The van der Waals surface area contributed by atoms with Crippen LogP contribution in [0.4, 0.5) is 0 Å². The lowest BCUT2D eigenvalue weighted by atomic mass is 10.3. The average Bonchev–Trinajstić information content (AvgIpc) is 2.95. The molecular weight excluding hydrogens is 338 g/mol. The van der Waals surface area contributed by atoms with Crippen LogP contribution >= 0.6 is 0 Å². The van der Waals surface area contributed by atoms with Gasteiger partial charge in [-0.15, -0.1) is 0 Å². The molecular formula is C14H25N3O4S2. The Labute approximate surface area is 138 Å². The highest BCUT2D eigenvalue weighted by atomic mass is 32.2. The summed E-state index contributed by atoms with van der Waals surface area (Å²) in [5.41, 5.74) is 0.997. The molecule has 1 fully saturated rings. The van der Waals surface area contributed by atoms with E-state index in [9.17, 15) is 16.8 Å². The molecule has 1 aliphatic rings. The molecule has 1 aromatic rings. The molecule has 7 nitrogen and oxygen atoms in total. The lowest BCUT2D eigenvalue weighted by molar-refractivity contribution is 0.474. The number of hydrogen-bond donors (Lipinski definition) is 0. The lowest BCUT2D eigenvalue weighted by Crippen LogP contribution is -2.39. The number of nitrogens with zero attached hydrogens (tertiary/aromatic N) is 3. The maximum absolute atomic E-state index is 12.9. The van der Waals surface area contributed by atoms with Crippen molar-refractivity contribution in [2.24, 2.45) is 7.05 Å². The normalized spacial score (nSPS) is 21.0. The summed E-state index contributed by atoms with van der Waals surface area (Å²) < 4.78 is 52.8. The Morgan fingerprint density at radius 2 is 1.70 bits per heavy atom. The third kappa shape index (κ3) is 2.94. The zero-order valence-corrected chi connectivity index (χ0v) is 16.1. The minimum atomic E-state index is -3.73. The van der Waals surface area contributed by atoms with Gasteiger partial charge in [-0.2, -0.15) is 9.40 Å². The number of aryl methyl sites for hydroxylation is 2. The summed E-state index contributed by atoms with van der Waals surface area (Å²) in [4.78, 5) is 0.189. The Balaban J connectivity index is 2.35. The van der Waals surface area contributed by atoms with Crippen molar-refractivity contribution >= 4 is 19.9 Å². The van der Waals surface area contributed by atoms with E-state index in [4.69, 9.17) is 0 Å². The average molecular weight is 364 g/mol. The van der Waals surface area contributed by atoms with Gasteiger partial charge in [0.25, 0.3) is 0 Å². The molecule has 0 radical (unpaired) electrons. The summed E-state index contributed by atoms with van der Waals surface area (Å²) in [7, 11) is -5.43. The molecule has 0 unspecified atom stereocenters. The first-order valence-corrected chi connectivity index (χ1v) is 10.5. The summed E-state index contributed by atoms with van der Waals surface area (Å²) in [5, 5.41) is 3.49. The van der Waals surface area contributed by atoms with Crippen LogP contribution in [0.1, 0.15) is 38.6 Å². The van der Waals surface area contributed by atoms with E-state index in [1.807, 2.05) is 0 Å². The standard InChI is InChI=1S/C14H25N3O4S2/c1-10-13(11(2)16(6)15-10)23(20,21)17-8-7-12(9-17)22(18,19)14(3,4)5/h12H,7-9H2,1-6H3/t12-/m1/s1. The van der Waals surface area contributed by atoms with Crippen molar-refractivity contribution in [3.8, 4) is 0 Å². The van der Waals surface area contributed by atoms with Crippen LogP contribution in [0.5, 0.6) is 0 Å². The second kappa shape index (κ2) is 5.56. The minimum absolute atomic E-state index is 0.00963. The third-order valence-corrected chi connectivity index (χ3v) is 9.53. The molecule has 0 amide bonds. The summed E-state index contributed by atoms with van der Waals surface area (Å²) in [6, 6.07) is 0. The molecule has 0 bridgehead atoms. The van der Waals surface area contributed by atoms with E-state index in [-0.39, 0.29) is 18.0 Å². The van der Waals surface area contributed by atoms with Crippen LogP contribution in [-0.4, -0.2) is 54.0 Å². The highest BCUT2D eigenvalue weighted by molar-refractivity contribution is 7.93. The van der Waals surface area contributed by atoms with Gasteiger partial charge in [0.15, 0.2) is 9.84 Å². The molecule has 23 heavy (non-hydrogen) atoms. The van der Waals surface area contributed by atoms with Gasteiger partial charge in [0.05, 0.1) is 21.4 Å². The fourth-order valence-corrected chi connectivity index (χ4v) is 6.71. The minimum Gasteiger partial charge on any atom is -0.271 e. The summed E-state index contributed by atoms with van der Waals surface area (Å²) >= 11 is 0. The molecule has 0 N–H and O–H groups in total. The fourth-order valence-electron chi connectivity index (χ4n) is 2.93. The third-order valence-electron chi connectivity index (χ3n) is 4.44. The number of sulfone groups is 1. The number of sulfonamides is 1. The Morgan fingerprint density at radius 1 is 1.13 bits per heavy atom. The van der Waals surface area contributed by atoms with Crippen molar-refractivity contribution in [1.29, 1.82) is 0 Å². The summed E-state index contributed by atoms with van der Waals surface area (Å²) in [6.45, 7) is 8.52. The SMILES string of the molecule is Cc1nn(C)c(C)c1S(=O)(=O)N1CC[C@@H](S(=O)(=O)C(C)(C)C)C1. The van der Waals surface area contributed by atoms with Crippen LogP contribution in [0.3, 0.4) is 0 Å². The molecule has 0 saturated carbocycles. The largest absolute Gasteiger partial charge is 0.271 e. The van der Waals surface area contributed by atoms with Crippen LogP contribution < -0.4 is 0 Å². The van der Waals surface area contributed by atoms with Gasteiger partial charge < -0.3 is 0 Å². The molecule has 132 valence electrons. The predicted molar refractivity (Wildman–Crippen MR) is 88.5 cm³/mol. The van der Waals surface area contributed by atoms with Gasteiger partial charge in [-0.3, -0.25) is 4.68 Å². The molecule has 1 aliphatic heterocycles. The van der Waals surface area contributed by atoms with Crippen molar-refractivity contribution < 1.29 is 16.8 Å². The first kappa shape index (κ1) is 18.4. The maximum Gasteiger partial charge on any atom is 0.246 e. The van der Waals surface area contributed by atoms with Gasteiger partial charge in [-0.25, -0.2) is 16.8 Å². The molecule has 9 heteroatoms. The smallest absolute Gasteiger partial charge is 0.246 e. The number of rotatable bonds is 3. The molecule has 1 saturated heterocycles.